The van der Waals surface area contributed by atoms with Crippen LogP contribution in [0.2, 0.25) is 0 Å². The van der Waals surface area contributed by atoms with Gasteiger partial charge in [-0.3, -0.25) is 0 Å². The predicted molar refractivity (Wildman–Crippen MR) is 446 cm³/mol. The number of hydrogen-bond acceptors (Lipinski definition) is 4. The van der Waals surface area contributed by atoms with Gasteiger partial charge in [0.25, 0.3) is 0 Å². The van der Waals surface area contributed by atoms with Crippen LogP contribution in [0.15, 0.2) is 381 Å². The van der Waals surface area contributed by atoms with Gasteiger partial charge in [0.1, 0.15) is 22.9 Å². The van der Waals surface area contributed by atoms with Crippen molar-refractivity contribution in [3.63, 3.8) is 0 Å². The molecule has 0 N–H and O–H groups in total. The van der Waals surface area contributed by atoms with Gasteiger partial charge in [-0.1, -0.05) is 291 Å². The van der Waals surface area contributed by atoms with Crippen LogP contribution in [0.3, 0.4) is 0 Å². The van der Waals surface area contributed by atoms with E-state index in [0.717, 1.165) is 171 Å². The maximum atomic E-state index is 13.4. The highest BCUT2D eigenvalue weighted by Crippen LogP contribution is 2.53. The van der Waals surface area contributed by atoms with E-state index in [9.17, 15) is 5.26 Å². The summed E-state index contributed by atoms with van der Waals surface area (Å²) in [5.41, 5.74) is 26.3. The number of nitriles is 1. The van der Waals surface area contributed by atoms with Gasteiger partial charge >= 0.3 is 0 Å². The van der Waals surface area contributed by atoms with Crippen molar-refractivity contribution >= 4 is 87.4 Å². The van der Waals surface area contributed by atoms with Gasteiger partial charge in [0.05, 0.1) is 61.2 Å². The van der Waals surface area contributed by atoms with Crippen LogP contribution in [0.1, 0.15) is 5.56 Å². The first-order valence-corrected chi connectivity index (χ1v) is 36.6. The van der Waals surface area contributed by atoms with Crippen molar-refractivity contribution in [2.75, 3.05) is 0 Å². The Bertz CT molecular complexity index is 6830. The minimum atomic E-state index is 0.408. The quantitative estimate of drug-likeness (QED) is 0.122. The lowest BCUT2D eigenvalue weighted by molar-refractivity contribution is 0.666. The molecule has 502 valence electrons. The van der Waals surface area contributed by atoms with Crippen LogP contribution >= 0.6 is 0 Å². The van der Waals surface area contributed by atoms with Crippen LogP contribution in [0.5, 0.6) is 0 Å². The molecule has 0 unspecified atom stereocenters. The number of aromatic nitrogens is 5. The smallest absolute Gasteiger partial charge is 0.163 e. The summed E-state index contributed by atoms with van der Waals surface area (Å²) in [6, 6.07) is 137. The van der Waals surface area contributed by atoms with Crippen molar-refractivity contribution in [3.8, 4) is 124 Å². The molecule has 21 aromatic rings. The zero-order valence-electron chi connectivity index (χ0n) is 58.4. The van der Waals surface area contributed by atoms with Crippen molar-refractivity contribution in [2.45, 2.75) is 0 Å². The number of benzene rings is 16. The molecule has 0 aliphatic heterocycles. The van der Waals surface area contributed by atoms with Gasteiger partial charge in [-0.05, 0) is 152 Å². The monoisotopic (exact) mass is 1370 g/mol. The molecule has 0 fully saturated rings. The Kier molecular flexibility index (Phi) is 14.5. The highest BCUT2D eigenvalue weighted by atomic mass is 16.3. The summed E-state index contributed by atoms with van der Waals surface area (Å²) in [5, 5.41) is 21.3. The van der Waals surface area contributed by atoms with Gasteiger partial charge in [-0.15, -0.1) is 0 Å². The Balaban J connectivity index is 0.984. The topological polar surface area (TPSA) is 77.5 Å². The van der Waals surface area contributed by atoms with Gasteiger partial charge in [-0.2, -0.15) is 5.26 Å². The fourth-order valence-corrected chi connectivity index (χ4v) is 16.7. The molecule has 0 radical (unpaired) electrons. The predicted octanol–water partition coefficient (Wildman–Crippen LogP) is 26.5. The zero-order valence-corrected chi connectivity index (χ0v) is 58.4. The summed E-state index contributed by atoms with van der Waals surface area (Å²) in [5.74, 6) is 0.581. The Morgan fingerprint density at radius 1 is 0.231 bits per heavy atom. The van der Waals surface area contributed by atoms with E-state index >= 15 is 0 Å². The molecule has 5 heterocycles. The van der Waals surface area contributed by atoms with Crippen LogP contribution in [0.25, 0.3) is 205 Å². The molecule has 0 aliphatic rings. The molecule has 0 spiro atoms. The van der Waals surface area contributed by atoms with E-state index in [1.165, 1.54) is 0 Å². The van der Waals surface area contributed by atoms with E-state index in [4.69, 9.17) is 14.4 Å². The standard InChI is InChI=1S/C101H62N6O/c102-63-86-96(105-89-50-44-72(64-26-9-1-10-27-64)56-80(89)81-57-73(45-51-90(81)105)65-28-11-2-12-29-65)98(107-93-54-48-76(68-34-17-5-18-35-68)60-84(93)85-61-77(49-55-94(85)107)69-36-19-6-20-37-69)95-79-43-25-42-78(88-62-87(70-38-21-7-22-39-70)103-101(104-88)71-40-23-8-24-41-71)99(79)108-100(95)97(86)106-91-52-46-74(66-30-13-3-14-31-66)58-82(91)83-59-75(47-53-92(83)106)67-32-15-4-16-33-67/h1-62H. The van der Waals surface area contributed by atoms with Gasteiger partial charge in [-0.25, -0.2) is 9.97 Å². The summed E-state index contributed by atoms with van der Waals surface area (Å²) in [6.45, 7) is 0. The molecule has 0 bridgehead atoms. The van der Waals surface area contributed by atoms with Crippen LogP contribution in [0, 0.1) is 11.3 Å². The molecule has 5 aromatic heterocycles. The third kappa shape index (κ3) is 10.1. The van der Waals surface area contributed by atoms with Crippen molar-refractivity contribution in [2.24, 2.45) is 0 Å². The molecule has 21 rings (SSSR count). The lowest BCUT2D eigenvalue weighted by Crippen LogP contribution is -2.11. The summed E-state index contributed by atoms with van der Waals surface area (Å²) < 4.78 is 15.3. The second kappa shape index (κ2) is 25.3. The molecule has 7 heteroatoms. The average molecular weight is 1380 g/mol. The number of rotatable bonds is 12. The van der Waals surface area contributed by atoms with E-state index < -0.39 is 0 Å². The molecule has 0 aliphatic carbocycles. The first-order chi connectivity index (χ1) is 53.5. The minimum absolute atomic E-state index is 0.408. The second-order valence-electron chi connectivity index (χ2n) is 27.8. The third-order valence-corrected chi connectivity index (χ3v) is 21.7. The maximum absolute atomic E-state index is 13.4. The lowest BCUT2D eigenvalue weighted by atomic mass is 9.99. The van der Waals surface area contributed by atoms with Crippen molar-refractivity contribution in [3.05, 3.63) is 382 Å². The van der Waals surface area contributed by atoms with Crippen LogP contribution < -0.4 is 0 Å². The molecule has 16 aromatic carbocycles. The van der Waals surface area contributed by atoms with Gasteiger partial charge in [0, 0.05) is 54.4 Å². The van der Waals surface area contributed by atoms with E-state index in [-0.39, 0.29) is 0 Å². The molecule has 0 saturated heterocycles. The van der Waals surface area contributed by atoms with E-state index in [0.29, 0.717) is 39.6 Å². The summed E-state index contributed by atoms with van der Waals surface area (Å²) >= 11 is 0. The average Bonchev–Trinajstić information content (AvgIpc) is 1.52. The Morgan fingerprint density at radius 3 is 0.861 bits per heavy atom. The molecule has 0 atom stereocenters. The van der Waals surface area contributed by atoms with Crippen molar-refractivity contribution < 1.29 is 4.42 Å². The molecule has 0 amide bonds. The van der Waals surface area contributed by atoms with Crippen LogP contribution in [0.4, 0.5) is 0 Å². The largest absolute Gasteiger partial charge is 0.453 e. The molecule has 108 heavy (non-hydrogen) atoms. The molecular weight excluding hydrogens is 1310 g/mol. The maximum Gasteiger partial charge on any atom is 0.163 e. The first-order valence-electron chi connectivity index (χ1n) is 36.6. The fourth-order valence-electron chi connectivity index (χ4n) is 16.7. The SMILES string of the molecule is N#Cc1c(-n2c3ccc(-c4ccccc4)cc3c3cc(-c4ccccc4)ccc32)c(-n2c3ccc(-c4ccccc4)cc3c3cc(-c4ccccc4)ccc32)c2c(oc3c(-c4cc(-c5ccccc5)nc(-c5ccccc5)n4)cccc32)c1-n1c2ccc(-c3ccccc3)cc2c2cc(-c3ccccc3)ccc21. The van der Waals surface area contributed by atoms with E-state index in [1.807, 2.05) is 36.4 Å². The van der Waals surface area contributed by atoms with Gasteiger partial charge < -0.3 is 18.1 Å². The zero-order chi connectivity index (χ0) is 71.3. The summed E-state index contributed by atoms with van der Waals surface area (Å²) in [6.07, 6.45) is 0. The number of fused-ring (bicyclic) bond motifs is 12. The lowest BCUT2D eigenvalue weighted by Gasteiger charge is -2.23. The van der Waals surface area contributed by atoms with Crippen molar-refractivity contribution in [1.29, 1.82) is 5.26 Å². The first kappa shape index (κ1) is 61.9. The number of para-hydroxylation sites is 1. The fraction of sp³-hybridized carbons (Fsp3) is 0. The normalized spacial score (nSPS) is 11.7. The van der Waals surface area contributed by atoms with Crippen LogP contribution in [-0.2, 0) is 0 Å². The Labute approximate surface area is 622 Å². The number of hydrogen-bond donors (Lipinski definition) is 0. The van der Waals surface area contributed by atoms with E-state index in [1.54, 1.807) is 0 Å². The minimum Gasteiger partial charge on any atom is -0.453 e. The molecule has 7 nitrogen and oxygen atoms in total. The summed E-state index contributed by atoms with van der Waals surface area (Å²) in [7, 11) is 0. The number of nitrogens with zero attached hydrogens (tertiary/aromatic N) is 6. The van der Waals surface area contributed by atoms with E-state index in [2.05, 4.69) is 359 Å². The number of furan rings is 1. The summed E-state index contributed by atoms with van der Waals surface area (Å²) in [4.78, 5) is 10.8. The Morgan fingerprint density at radius 2 is 0.528 bits per heavy atom. The van der Waals surface area contributed by atoms with Gasteiger partial charge in [0.2, 0.25) is 0 Å². The highest BCUT2D eigenvalue weighted by molar-refractivity contribution is 6.23. The Hall–Kier alpha value is -14.7. The van der Waals surface area contributed by atoms with Crippen molar-refractivity contribution in [1.82, 2.24) is 23.7 Å². The van der Waals surface area contributed by atoms with Crippen LogP contribution in [-0.4, -0.2) is 23.7 Å². The van der Waals surface area contributed by atoms with Gasteiger partial charge in [0.15, 0.2) is 11.4 Å². The molecule has 0 saturated carbocycles. The second-order valence-corrected chi connectivity index (χ2v) is 27.8. The third-order valence-electron chi connectivity index (χ3n) is 21.7. The highest BCUT2D eigenvalue weighted by Gasteiger charge is 2.34. The molecular formula is C101H62N6O.